The van der Waals surface area contributed by atoms with E-state index in [1.54, 1.807) is 0 Å². The molecule has 8 nitrogen and oxygen atoms in total. The van der Waals surface area contributed by atoms with Gasteiger partial charge >= 0.3 is 118 Å². The van der Waals surface area contributed by atoms with Gasteiger partial charge in [-0.3, -0.25) is 0 Å². The molecule has 0 bridgehead atoms. The van der Waals surface area contributed by atoms with Crippen LogP contribution in [0.25, 0.3) is 0 Å². The Balaban J connectivity index is -0.0000000183. The van der Waals surface area contributed by atoms with Crippen LogP contribution in [-0.2, 0) is 9.36 Å². The molecule has 2 N–H and O–H groups in total. The maximum absolute atomic E-state index is 9.14. The first-order chi connectivity index (χ1) is 6.18. The second-order valence-electron chi connectivity index (χ2n) is 1.42. The largest absolute Gasteiger partial charge is 1.00 e. The van der Waals surface area contributed by atoms with Gasteiger partial charge in [0.1, 0.15) is 0 Å². The van der Waals surface area contributed by atoms with Crippen molar-refractivity contribution < 1.29 is 158 Å². The summed E-state index contributed by atoms with van der Waals surface area (Å²) < 4.78 is 8.55. The van der Waals surface area contributed by atoms with Crippen molar-refractivity contribution >= 4 is 13.8 Å². The van der Waals surface area contributed by atoms with Crippen molar-refractivity contribution in [2.75, 3.05) is 13.2 Å². The summed E-state index contributed by atoms with van der Waals surface area (Å²) in [6.07, 6.45) is 0.722. The molecule has 0 aromatic rings. The van der Waals surface area contributed by atoms with E-state index in [9.17, 15) is 0 Å². The van der Waals surface area contributed by atoms with Gasteiger partial charge in [-0.2, -0.15) is 7.82 Å². The van der Waals surface area contributed by atoms with Crippen molar-refractivity contribution in [1.29, 1.82) is 0 Å². The smallest absolute Gasteiger partial charge is 0.822 e. The SMILES string of the molecule is C=CC(=O)[O-].O=P([O-])([O-])[O-].OCCO.[Na+].[Na+].[Na+].[Na+]. The molecule has 0 spiro atoms. The monoisotopic (exact) mass is 320 g/mol. The third-order valence-electron chi connectivity index (χ3n) is 0.267. The van der Waals surface area contributed by atoms with Crippen molar-refractivity contribution in [3.05, 3.63) is 12.7 Å². The molecule has 0 atom stereocenters. The Kier molecular flexibility index (Phi) is 76.9. The van der Waals surface area contributed by atoms with Gasteiger partial charge < -0.3 is 39.4 Å². The molecular weight excluding hydrogens is 311 g/mol. The molecule has 0 aliphatic heterocycles. The number of hydrogen-bond donors (Lipinski definition) is 2. The minimum Gasteiger partial charge on any atom is -0.822 e. The number of phosphoric acid groups is 1. The quantitative estimate of drug-likeness (QED) is 0.287. The fourth-order valence-corrected chi connectivity index (χ4v) is 0. The molecule has 0 aromatic carbocycles. The molecule has 0 aromatic heterocycles. The Bertz CT molecular complexity index is 188. The predicted molar refractivity (Wildman–Crippen MR) is 37.0 cm³/mol. The molecule has 0 aliphatic carbocycles. The van der Waals surface area contributed by atoms with Gasteiger partial charge in [-0.15, -0.1) is 0 Å². The summed E-state index contributed by atoms with van der Waals surface area (Å²) in [5, 5.41) is 24.4. The summed E-state index contributed by atoms with van der Waals surface area (Å²) in [5.74, 6) is -1.23. The van der Waals surface area contributed by atoms with Crippen molar-refractivity contribution in [2.45, 2.75) is 0 Å². The Morgan fingerprint density at radius 1 is 1.06 bits per heavy atom. The van der Waals surface area contributed by atoms with E-state index < -0.39 is 13.8 Å². The average Bonchev–Trinajstić information content (AvgIpc) is 2.02. The zero-order chi connectivity index (χ0) is 12.2. The van der Waals surface area contributed by atoms with E-state index in [-0.39, 0.29) is 131 Å². The van der Waals surface area contributed by atoms with Crippen LogP contribution in [0.5, 0.6) is 0 Å². The van der Waals surface area contributed by atoms with Gasteiger partial charge in [-0.1, -0.05) is 6.58 Å². The van der Waals surface area contributed by atoms with Crippen LogP contribution in [0, 0.1) is 0 Å². The van der Waals surface area contributed by atoms with E-state index in [0.717, 1.165) is 6.08 Å². The second kappa shape index (κ2) is 32.3. The van der Waals surface area contributed by atoms with Gasteiger partial charge in [-0.25, -0.2) is 0 Å². The summed E-state index contributed by atoms with van der Waals surface area (Å²) in [6.45, 7) is 2.65. The van der Waals surface area contributed by atoms with Gasteiger partial charge in [0.2, 0.25) is 0 Å². The summed E-state index contributed by atoms with van der Waals surface area (Å²) in [6, 6.07) is 0. The van der Waals surface area contributed by atoms with Crippen molar-refractivity contribution in [1.82, 2.24) is 0 Å². The van der Waals surface area contributed by atoms with E-state index in [1.165, 1.54) is 0 Å². The fourth-order valence-electron chi connectivity index (χ4n) is 0. The summed E-state index contributed by atoms with van der Waals surface area (Å²) in [5.41, 5.74) is 0. The molecule has 0 aliphatic rings. The third kappa shape index (κ3) is 164. The number of carbonyl (C=O) groups is 1. The first-order valence-electron chi connectivity index (χ1n) is 2.97. The number of aliphatic carboxylic acids is 1. The summed E-state index contributed by atoms with van der Waals surface area (Å²) >= 11 is 0. The number of aliphatic hydroxyl groups is 2. The number of rotatable bonds is 2. The minimum absolute atomic E-state index is 0. The molecule has 0 saturated heterocycles. The van der Waals surface area contributed by atoms with Gasteiger partial charge in [0.05, 0.1) is 19.2 Å². The zero-order valence-electron chi connectivity index (χ0n) is 11.0. The molecule has 18 heavy (non-hydrogen) atoms. The first-order valence-corrected chi connectivity index (χ1v) is 4.43. The van der Waals surface area contributed by atoms with Gasteiger partial charge in [0, 0.05) is 0 Å². The summed E-state index contributed by atoms with van der Waals surface area (Å²) in [7, 11) is -5.39. The standard InChI is InChI=1S/C3H4O2.C2H6O2.4Na.H3O4P/c1-2-3(4)5;3-1-2-4;;;;;1-5(2,3)4/h2H,1H2,(H,4,5);3-4H,1-2H2;;;;;(H3,1,2,3,4)/q;;4*+1;/p-4. The van der Waals surface area contributed by atoms with Crippen molar-refractivity contribution in [3.63, 3.8) is 0 Å². The minimum atomic E-state index is -5.39. The molecule has 0 saturated carbocycles. The van der Waals surface area contributed by atoms with E-state index in [0.29, 0.717) is 0 Å². The molecule has 0 amide bonds. The van der Waals surface area contributed by atoms with Gasteiger partial charge in [-0.05, 0) is 6.08 Å². The molecule has 0 radical (unpaired) electrons. The fraction of sp³-hybridized carbons (Fsp3) is 0.400. The molecule has 0 unspecified atom stereocenters. The van der Waals surface area contributed by atoms with Crippen LogP contribution in [0.4, 0.5) is 0 Å². The van der Waals surface area contributed by atoms with Crippen LogP contribution in [0.2, 0.25) is 0 Å². The average molecular weight is 320 g/mol. The Labute approximate surface area is 194 Å². The van der Waals surface area contributed by atoms with Crippen LogP contribution in [0.3, 0.4) is 0 Å². The van der Waals surface area contributed by atoms with E-state index in [1.807, 2.05) is 0 Å². The van der Waals surface area contributed by atoms with Crippen molar-refractivity contribution in [2.24, 2.45) is 0 Å². The number of carboxylic acid groups (broad SMARTS) is 1. The van der Waals surface area contributed by atoms with Crippen LogP contribution in [-0.4, -0.2) is 29.4 Å². The Morgan fingerprint density at radius 2 is 1.17 bits per heavy atom. The summed E-state index contributed by atoms with van der Waals surface area (Å²) in [4.78, 5) is 34.8. The normalized spacial score (nSPS) is 6.72. The number of aliphatic hydroxyl groups excluding tert-OH is 2. The van der Waals surface area contributed by atoms with Gasteiger partial charge in [0.15, 0.2) is 0 Å². The van der Waals surface area contributed by atoms with Crippen molar-refractivity contribution in [3.8, 4) is 0 Å². The van der Waals surface area contributed by atoms with E-state index >= 15 is 0 Å². The van der Waals surface area contributed by atoms with Crippen LogP contribution < -0.4 is 138 Å². The van der Waals surface area contributed by atoms with Crippen LogP contribution in [0.15, 0.2) is 12.7 Å². The van der Waals surface area contributed by atoms with E-state index in [2.05, 4.69) is 6.58 Å². The third-order valence-corrected chi connectivity index (χ3v) is 0.267. The second-order valence-corrected chi connectivity index (χ2v) is 2.31. The predicted octanol–water partition coefficient (Wildman–Crippen LogP) is -16.9. The number of hydrogen-bond acceptors (Lipinski definition) is 8. The molecule has 0 heterocycles. The number of carboxylic acids is 1. The first kappa shape index (κ1) is 42.9. The number of carbonyl (C=O) groups excluding carboxylic acids is 1. The van der Waals surface area contributed by atoms with E-state index in [4.69, 9.17) is 39.4 Å². The maximum Gasteiger partial charge on any atom is 1.00 e. The van der Waals surface area contributed by atoms with Crippen LogP contribution >= 0.6 is 7.82 Å². The molecular formula is C5H9Na4O8P. The zero-order valence-corrected chi connectivity index (χ0v) is 19.9. The van der Waals surface area contributed by atoms with Crippen LogP contribution in [0.1, 0.15) is 0 Å². The molecule has 0 fully saturated rings. The topological polar surface area (TPSA) is 167 Å². The molecule has 0 rings (SSSR count). The molecule has 13 heteroatoms. The Morgan fingerprint density at radius 3 is 1.17 bits per heavy atom. The molecule has 86 valence electrons. The Hall–Kier alpha value is 3.24. The maximum atomic E-state index is 9.14. The van der Waals surface area contributed by atoms with Gasteiger partial charge in [0.25, 0.3) is 0 Å².